The molecule has 6 nitrogen and oxygen atoms in total. The number of carbonyl (C=O) groups excluding carboxylic acids is 1. The first-order valence-electron chi connectivity index (χ1n) is 10.8. The van der Waals surface area contributed by atoms with Crippen molar-refractivity contribution in [2.24, 2.45) is 23.7 Å². The van der Waals surface area contributed by atoms with Crippen molar-refractivity contribution >= 4 is 5.78 Å². The van der Waals surface area contributed by atoms with Crippen LogP contribution in [-0.4, -0.2) is 29.8 Å². The zero-order valence-corrected chi connectivity index (χ0v) is 17.6. The largest absolute Gasteiger partial charge is 0.465 e. The molecule has 4 saturated heterocycles. The number of carbonyl (C=O) groups is 1. The van der Waals surface area contributed by atoms with Gasteiger partial charge in [0.1, 0.15) is 5.75 Å². The Bertz CT molecular complexity index is 793. The SMILES string of the molecule is CC(=O)c1ccc(OC2O[C@@H]3O[C@@]4(C)CC[C@H]5[C@H](C)CC[C@@H]([C@H]2C)[C@@]35OO4)cc1. The molecule has 1 aromatic rings. The molecule has 1 unspecified atom stereocenters. The first-order chi connectivity index (χ1) is 13.8. The van der Waals surface area contributed by atoms with E-state index in [4.69, 9.17) is 24.0 Å². The molecular weight excluding hydrogens is 372 g/mol. The van der Waals surface area contributed by atoms with Crippen molar-refractivity contribution in [2.75, 3.05) is 0 Å². The van der Waals surface area contributed by atoms with Crippen molar-refractivity contribution < 1.29 is 28.8 Å². The second-order valence-electron chi connectivity index (χ2n) is 9.47. The van der Waals surface area contributed by atoms with E-state index in [9.17, 15) is 4.79 Å². The second kappa shape index (κ2) is 6.77. The zero-order valence-electron chi connectivity index (χ0n) is 17.6. The number of benzene rings is 1. The van der Waals surface area contributed by atoms with Crippen LogP contribution in [0.5, 0.6) is 5.75 Å². The normalized spacial score (nSPS) is 45.9. The van der Waals surface area contributed by atoms with Gasteiger partial charge in [-0.2, -0.15) is 0 Å². The van der Waals surface area contributed by atoms with Crippen LogP contribution in [0.4, 0.5) is 0 Å². The van der Waals surface area contributed by atoms with E-state index >= 15 is 0 Å². The quantitative estimate of drug-likeness (QED) is 0.549. The molecule has 1 saturated carbocycles. The summed E-state index contributed by atoms with van der Waals surface area (Å²) in [5.74, 6) is 1.16. The Kier molecular flexibility index (Phi) is 4.55. The molecule has 0 radical (unpaired) electrons. The van der Waals surface area contributed by atoms with E-state index in [2.05, 4.69) is 13.8 Å². The molecule has 6 heteroatoms. The predicted octanol–water partition coefficient (Wildman–Crippen LogP) is 4.48. The number of hydrogen-bond acceptors (Lipinski definition) is 6. The van der Waals surface area contributed by atoms with Crippen LogP contribution in [-0.2, 0) is 19.2 Å². The van der Waals surface area contributed by atoms with Gasteiger partial charge in [-0.05, 0) is 69.2 Å². The molecule has 1 aromatic carbocycles. The van der Waals surface area contributed by atoms with E-state index in [0.717, 1.165) is 25.7 Å². The van der Waals surface area contributed by atoms with E-state index < -0.39 is 24.0 Å². The highest BCUT2D eigenvalue weighted by Crippen LogP contribution is 2.60. The van der Waals surface area contributed by atoms with E-state index in [1.807, 2.05) is 19.1 Å². The third-order valence-corrected chi connectivity index (χ3v) is 7.61. The van der Waals surface area contributed by atoms with Crippen LogP contribution < -0.4 is 4.74 Å². The van der Waals surface area contributed by atoms with Crippen LogP contribution in [0.3, 0.4) is 0 Å². The lowest BCUT2D eigenvalue weighted by Crippen LogP contribution is -2.70. The van der Waals surface area contributed by atoms with Gasteiger partial charge in [0.05, 0.1) is 0 Å². The van der Waals surface area contributed by atoms with Crippen LogP contribution in [0.15, 0.2) is 24.3 Å². The first kappa shape index (κ1) is 19.5. The van der Waals surface area contributed by atoms with E-state index in [-0.39, 0.29) is 17.6 Å². The number of hydrogen-bond donors (Lipinski definition) is 0. The molecule has 0 amide bonds. The molecule has 2 bridgehead atoms. The molecule has 29 heavy (non-hydrogen) atoms. The van der Waals surface area contributed by atoms with Gasteiger partial charge >= 0.3 is 0 Å². The Morgan fingerprint density at radius 3 is 2.55 bits per heavy atom. The van der Waals surface area contributed by atoms with Crippen molar-refractivity contribution in [1.29, 1.82) is 0 Å². The van der Waals surface area contributed by atoms with Crippen LogP contribution in [0.1, 0.15) is 63.7 Å². The molecule has 6 rings (SSSR count). The Balaban J connectivity index is 1.44. The molecule has 158 valence electrons. The third-order valence-electron chi connectivity index (χ3n) is 7.61. The zero-order chi connectivity index (χ0) is 20.4. The fourth-order valence-corrected chi connectivity index (χ4v) is 5.91. The smallest absolute Gasteiger partial charge is 0.205 e. The molecule has 5 fully saturated rings. The number of rotatable bonds is 3. The number of ether oxygens (including phenoxy) is 3. The van der Waals surface area contributed by atoms with Crippen LogP contribution >= 0.6 is 0 Å². The Labute approximate surface area is 171 Å². The maximum absolute atomic E-state index is 11.5. The fourth-order valence-electron chi connectivity index (χ4n) is 5.91. The van der Waals surface area contributed by atoms with Crippen LogP contribution in [0, 0.1) is 23.7 Å². The average Bonchev–Trinajstić information content (AvgIpc) is 2.92. The summed E-state index contributed by atoms with van der Waals surface area (Å²) in [4.78, 5) is 23.5. The topological polar surface area (TPSA) is 63.2 Å². The highest BCUT2D eigenvalue weighted by atomic mass is 17.3. The Morgan fingerprint density at radius 2 is 1.83 bits per heavy atom. The van der Waals surface area contributed by atoms with E-state index in [1.165, 1.54) is 0 Å². The van der Waals surface area contributed by atoms with Gasteiger partial charge in [-0.15, -0.1) is 0 Å². The van der Waals surface area contributed by atoms with Gasteiger partial charge in [0.15, 0.2) is 17.7 Å². The molecule has 0 N–H and O–H groups in total. The highest BCUT2D eigenvalue weighted by molar-refractivity contribution is 5.94. The summed E-state index contributed by atoms with van der Waals surface area (Å²) in [6.45, 7) is 7.96. The molecule has 8 atom stereocenters. The summed E-state index contributed by atoms with van der Waals surface area (Å²) in [6, 6.07) is 7.22. The molecule has 0 aromatic heterocycles. The number of ketones is 1. The van der Waals surface area contributed by atoms with Crippen molar-refractivity contribution in [3.8, 4) is 5.75 Å². The van der Waals surface area contributed by atoms with Gasteiger partial charge in [0.25, 0.3) is 0 Å². The minimum Gasteiger partial charge on any atom is -0.465 e. The number of fused-ring (bicyclic) bond motifs is 2. The maximum atomic E-state index is 11.5. The van der Waals surface area contributed by atoms with E-state index in [0.29, 0.717) is 23.1 Å². The van der Waals surface area contributed by atoms with Crippen molar-refractivity contribution in [3.63, 3.8) is 0 Å². The predicted molar refractivity (Wildman–Crippen MR) is 104 cm³/mol. The summed E-state index contributed by atoms with van der Waals surface area (Å²) >= 11 is 0. The van der Waals surface area contributed by atoms with Crippen molar-refractivity contribution in [1.82, 2.24) is 0 Å². The average molecular weight is 402 g/mol. The summed E-state index contributed by atoms with van der Waals surface area (Å²) in [6.07, 6.45) is 3.04. The summed E-state index contributed by atoms with van der Waals surface area (Å²) in [5.41, 5.74) is 0.0896. The molecule has 5 aliphatic rings. The summed E-state index contributed by atoms with van der Waals surface area (Å²) in [7, 11) is 0. The standard InChI is InChI=1S/C23H30O6/c1-13-5-10-19-14(2)20(25-17-8-6-16(7-9-17)15(3)24)26-21-23(19)18(13)11-12-22(4,27-21)28-29-23/h6-9,13-14,18-21H,5,10-12H2,1-4H3/t13-,14-,18+,19+,20?,21-,22-,23-/m1/s1. The second-order valence-corrected chi connectivity index (χ2v) is 9.47. The minimum atomic E-state index is -0.786. The monoisotopic (exact) mass is 402 g/mol. The summed E-state index contributed by atoms with van der Waals surface area (Å²) < 4.78 is 19.0. The molecule has 1 spiro atoms. The lowest BCUT2D eigenvalue weighted by Gasteiger charge is -2.60. The number of Topliss-reactive ketones (excluding diaryl/α,β-unsaturated/α-hetero) is 1. The van der Waals surface area contributed by atoms with Gasteiger partial charge in [-0.25, -0.2) is 9.78 Å². The van der Waals surface area contributed by atoms with Crippen LogP contribution in [0.25, 0.3) is 0 Å². The van der Waals surface area contributed by atoms with Gasteiger partial charge < -0.3 is 14.2 Å². The fraction of sp³-hybridized carbons (Fsp3) is 0.696. The lowest BCUT2D eigenvalue weighted by molar-refractivity contribution is -0.575. The van der Waals surface area contributed by atoms with Crippen LogP contribution in [0.2, 0.25) is 0 Å². The highest BCUT2D eigenvalue weighted by Gasteiger charge is 2.69. The Morgan fingerprint density at radius 1 is 1.07 bits per heavy atom. The third kappa shape index (κ3) is 2.95. The minimum absolute atomic E-state index is 0.0383. The van der Waals surface area contributed by atoms with Crippen molar-refractivity contribution in [2.45, 2.75) is 77.3 Å². The van der Waals surface area contributed by atoms with Crippen molar-refractivity contribution in [3.05, 3.63) is 29.8 Å². The van der Waals surface area contributed by atoms with Gasteiger partial charge in [-0.3, -0.25) is 4.79 Å². The van der Waals surface area contributed by atoms with Gasteiger partial charge in [0, 0.05) is 23.8 Å². The Hall–Kier alpha value is -1.47. The molecule has 4 aliphatic heterocycles. The molecule has 1 aliphatic carbocycles. The molecular formula is C23H30O6. The molecule has 4 heterocycles. The summed E-state index contributed by atoms with van der Waals surface area (Å²) in [5, 5.41) is 0. The first-order valence-corrected chi connectivity index (χ1v) is 10.8. The van der Waals surface area contributed by atoms with Gasteiger partial charge in [0.2, 0.25) is 12.1 Å². The maximum Gasteiger partial charge on any atom is 0.205 e. The lowest BCUT2D eigenvalue weighted by atomic mass is 9.58. The van der Waals surface area contributed by atoms with Gasteiger partial charge in [-0.1, -0.05) is 13.8 Å². The van der Waals surface area contributed by atoms with E-state index in [1.54, 1.807) is 19.1 Å².